The Balaban J connectivity index is 1.89. The summed E-state index contributed by atoms with van der Waals surface area (Å²) in [6.45, 7) is 1.57. The van der Waals surface area contributed by atoms with Crippen LogP contribution in [-0.4, -0.2) is 46.8 Å². The van der Waals surface area contributed by atoms with Gasteiger partial charge in [-0.05, 0) is 37.3 Å². The van der Waals surface area contributed by atoms with Gasteiger partial charge in [0.1, 0.15) is 11.3 Å². The second-order valence-electron chi connectivity index (χ2n) is 5.79. The number of urea groups is 1. The molecule has 7 heteroatoms. The number of Topliss-reactive ketones (excluding diaryl/α,β-unsaturated/α-hetero) is 1. The highest BCUT2D eigenvalue weighted by molar-refractivity contribution is 7.99. The number of hydrogen-bond donors (Lipinski definition) is 1. The molecule has 0 saturated carbocycles. The van der Waals surface area contributed by atoms with Crippen LogP contribution in [0.1, 0.15) is 29.3 Å². The van der Waals surface area contributed by atoms with E-state index in [1.54, 1.807) is 30.0 Å². The Hall–Kier alpha value is -2.02. The molecule has 1 aromatic rings. The molecule has 6 nitrogen and oxygen atoms in total. The van der Waals surface area contributed by atoms with Crippen molar-refractivity contribution in [2.45, 2.75) is 25.4 Å². The number of hydrogen-bond acceptors (Lipinski definition) is 5. The minimum atomic E-state index is -0.757. The zero-order valence-corrected chi connectivity index (χ0v) is 13.9. The highest BCUT2D eigenvalue weighted by Crippen LogP contribution is 2.34. The van der Waals surface area contributed by atoms with Crippen LogP contribution in [0.15, 0.2) is 18.2 Å². The second-order valence-corrected chi connectivity index (χ2v) is 6.89. The number of rotatable bonds is 4. The quantitative estimate of drug-likeness (QED) is 0.671. The summed E-state index contributed by atoms with van der Waals surface area (Å²) in [5, 5.41) is 2.83. The predicted octanol–water partition coefficient (Wildman–Crippen LogP) is 1.83. The molecule has 1 atom stereocenters. The van der Waals surface area contributed by atoms with Crippen LogP contribution < -0.4 is 10.1 Å². The number of thioether (sulfide) groups is 1. The Kier molecular flexibility index (Phi) is 4.06. The molecule has 0 bridgehead atoms. The van der Waals surface area contributed by atoms with E-state index in [0.29, 0.717) is 29.1 Å². The molecule has 2 fully saturated rings. The van der Waals surface area contributed by atoms with Gasteiger partial charge >= 0.3 is 6.03 Å². The summed E-state index contributed by atoms with van der Waals surface area (Å²) in [6, 6.07) is 4.65. The molecule has 3 rings (SSSR count). The summed E-state index contributed by atoms with van der Waals surface area (Å²) in [7, 11) is 1.52. The monoisotopic (exact) mass is 334 g/mol. The van der Waals surface area contributed by atoms with Crippen LogP contribution in [0.4, 0.5) is 4.79 Å². The Morgan fingerprint density at radius 2 is 2.22 bits per heavy atom. The summed E-state index contributed by atoms with van der Waals surface area (Å²) < 4.78 is 5.29. The van der Waals surface area contributed by atoms with Crippen molar-refractivity contribution in [1.82, 2.24) is 10.2 Å². The van der Waals surface area contributed by atoms with Crippen molar-refractivity contribution in [3.63, 3.8) is 0 Å². The largest absolute Gasteiger partial charge is 0.496 e. The molecule has 0 aliphatic carbocycles. The highest BCUT2D eigenvalue weighted by Gasteiger charge is 2.52. The van der Waals surface area contributed by atoms with E-state index in [1.807, 2.05) is 0 Å². The molecule has 122 valence electrons. The molecule has 0 unspecified atom stereocenters. The summed E-state index contributed by atoms with van der Waals surface area (Å²) in [5.41, 5.74) is 0.415. The number of ketones is 1. The van der Waals surface area contributed by atoms with Gasteiger partial charge in [0.05, 0.1) is 13.7 Å². The van der Waals surface area contributed by atoms with E-state index in [1.165, 1.54) is 18.9 Å². The number of amides is 3. The molecule has 2 aliphatic rings. The summed E-state index contributed by atoms with van der Waals surface area (Å²) >= 11 is 1.67. The van der Waals surface area contributed by atoms with Gasteiger partial charge in [0.25, 0.3) is 5.91 Å². The maximum absolute atomic E-state index is 12.7. The Bertz CT molecular complexity index is 683. The van der Waals surface area contributed by atoms with Crippen LogP contribution in [0, 0.1) is 0 Å². The molecule has 1 aromatic carbocycles. The lowest BCUT2D eigenvalue weighted by molar-refractivity contribution is -0.130. The lowest BCUT2D eigenvalue weighted by atomic mass is 9.99. The molecule has 2 heterocycles. The second kappa shape index (κ2) is 5.88. The van der Waals surface area contributed by atoms with E-state index in [-0.39, 0.29) is 24.3 Å². The normalized spacial score (nSPS) is 23.5. The number of carbonyl (C=O) groups excluding carboxylic acids is 3. The Labute approximate surface area is 138 Å². The number of nitrogens with one attached hydrogen (secondary N) is 1. The molecule has 0 radical (unpaired) electrons. The zero-order valence-electron chi connectivity index (χ0n) is 13.0. The third-order valence-corrected chi connectivity index (χ3v) is 5.47. The standard InChI is InChI=1S/C16H18N2O4S/c1-10(19)11-3-4-13(22-2)12(7-11)8-18-14(20)16(17-15(18)21)5-6-23-9-16/h3-4,7H,5-6,8-9H2,1-2H3,(H,17,21)/t16-/m1/s1. The van der Waals surface area contributed by atoms with Crippen LogP contribution in [0.25, 0.3) is 0 Å². The van der Waals surface area contributed by atoms with Gasteiger partial charge in [-0.3, -0.25) is 14.5 Å². The number of benzene rings is 1. The first kappa shape index (κ1) is 15.9. The van der Waals surface area contributed by atoms with Crippen molar-refractivity contribution in [2.75, 3.05) is 18.6 Å². The van der Waals surface area contributed by atoms with Gasteiger partial charge in [-0.15, -0.1) is 0 Å². The van der Waals surface area contributed by atoms with Crippen molar-refractivity contribution in [2.24, 2.45) is 0 Å². The van der Waals surface area contributed by atoms with Gasteiger partial charge in [0.15, 0.2) is 5.78 Å². The third kappa shape index (κ3) is 2.69. The average molecular weight is 334 g/mol. The van der Waals surface area contributed by atoms with E-state index in [4.69, 9.17) is 4.74 Å². The summed E-state index contributed by atoms with van der Waals surface area (Å²) in [5.74, 6) is 1.76. The molecular weight excluding hydrogens is 316 g/mol. The molecule has 2 saturated heterocycles. The van der Waals surface area contributed by atoms with E-state index in [2.05, 4.69) is 5.32 Å². The minimum Gasteiger partial charge on any atom is -0.496 e. The van der Waals surface area contributed by atoms with Crippen LogP contribution in [-0.2, 0) is 11.3 Å². The molecule has 23 heavy (non-hydrogen) atoms. The smallest absolute Gasteiger partial charge is 0.325 e. The minimum absolute atomic E-state index is 0.0743. The molecule has 1 spiro atoms. The SMILES string of the molecule is COc1ccc(C(C)=O)cc1CN1C(=O)N[C@@]2(CCSC2)C1=O. The van der Waals surface area contributed by atoms with Crippen molar-refractivity contribution in [3.8, 4) is 5.75 Å². The third-order valence-electron chi connectivity index (χ3n) is 4.28. The van der Waals surface area contributed by atoms with Gasteiger partial charge in [0.2, 0.25) is 0 Å². The molecular formula is C16H18N2O4S. The summed E-state index contributed by atoms with van der Waals surface area (Å²) in [4.78, 5) is 37.7. The van der Waals surface area contributed by atoms with Crippen LogP contribution in [0.2, 0.25) is 0 Å². The average Bonchev–Trinajstić information content (AvgIpc) is 3.08. The van der Waals surface area contributed by atoms with Gasteiger partial charge in [-0.2, -0.15) is 11.8 Å². The first-order valence-corrected chi connectivity index (χ1v) is 8.52. The number of carbonyl (C=O) groups is 3. The molecule has 1 N–H and O–H groups in total. The van der Waals surface area contributed by atoms with E-state index in [0.717, 1.165) is 5.75 Å². The van der Waals surface area contributed by atoms with Gasteiger partial charge in [0, 0.05) is 16.9 Å². The topological polar surface area (TPSA) is 75.7 Å². The van der Waals surface area contributed by atoms with E-state index >= 15 is 0 Å². The van der Waals surface area contributed by atoms with Crippen molar-refractivity contribution in [3.05, 3.63) is 29.3 Å². The zero-order chi connectivity index (χ0) is 16.6. The first-order chi connectivity index (χ1) is 11.0. The van der Waals surface area contributed by atoms with Crippen LogP contribution in [0.5, 0.6) is 5.75 Å². The van der Waals surface area contributed by atoms with Gasteiger partial charge < -0.3 is 10.1 Å². The summed E-state index contributed by atoms with van der Waals surface area (Å²) in [6.07, 6.45) is 0.656. The van der Waals surface area contributed by atoms with E-state index < -0.39 is 5.54 Å². The van der Waals surface area contributed by atoms with Crippen molar-refractivity contribution in [1.29, 1.82) is 0 Å². The predicted molar refractivity (Wildman–Crippen MR) is 86.8 cm³/mol. The number of imide groups is 1. The molecule has 2 aliphatic heterocycles. The lowest BCUT2D eigenvalue weighted by Crippen LogP contribution is -2.46. The number of ether oxygens (including phenoxy) is 1. The first-order valence-electron chi connectivity index (χ1n) is 7.36. The van der Waals surface area contributed by atoms with Crippen LogP contribution in [0.3, 0.4) is 0 Å². The molecule has 0 aromatic heterocycles. The fraction of sp³-hybridized carbons (Fsp3) is 0.438. The van der Waals surface area contributed by atoms with Gasteiger partial charge in [-0.25, -0.2) is 4.79 Å². The maximum Gasteiger partial charge on any atom is 0.325 e. The van der Waals surface area contributed by atoms with E-state index in [9.17, 15) is 14.4 Å². The Morgan fingerprint density at radius 1 is 1.43 bits per heavy atom. The fourth-order valence-corrected chi connectivity index (χ4v) is 4.27. The highest BCUT2D eigenvalue weighted by atomic mass is 32.2. The van der Waals surface area contributed by atoms with Crippen molar-refractivity contribution >= 4 is 29.5 Å². The number of nitrogens with zero attached hydrogens (tertiary/aromatic N) is 1. The Morgan fingerprint density at radius 3 is 2.83 bits per heavy atom. The van der Waals surface area contributed by atoms with Crippen molar-refractivity contribution < 1.29 is 19.1 Å². The molecule has 3 amide bonds. The lowest BCUT2D eigenvalue weighted by Gasteiger charge is -2.20. The maximum atomic E-state index is 12.7. The number of methoxy groups -OCH3 is 1. The van der Waals surface area contributed by atoms with Crippen LogP contribution >= 0.6 is 11.8 Å². The fourth-order valence-electron chi connectivity index (χ4n) is 2.94. The van der Waals surface area contributed by atoms with Gasteiger partial charge in [-0.1, -0.05) is 0 Å².